The van der Waals surface area contributed by atoms with Gasteiger partial charge in [-0.1, -0.05) is 0 Å². The maximum Gasteiger partial charge on any atom is 0.207 e. The first-order chi connectivity index (χ1) is 8.22. The van der Waals surface area contributed by atoms with Crippen molar-refractivity contribution < 1.29 is 4.74 Å². The number of ether oxygens (including phenoxy) is 1. The molecular formula is C11H17N5O. The van der Waals surface area contributed by atoms with E-state index in [0.717, 1.165) is 23.9 Å². The molecule has 0 amide bonds. The van der Waals surface area contributed by atoms with Gasteiger partial charge in [0.25, 0.3) is 0 Å². The molecule has 0 saturated carbocycles. The van der Waals surface area contributed by atoms with Crippen LogP contribution in [0.25, 0.3) is 5.69 Å². The summed E-state index contributed by atoms with van der Waals surface area (Å²) in [7, 11) is 3.59. The molecule has 0 fully saturated rings. The summed E-state index contributed by atoms with van der Waals surface area (Å²) in [4.78, 5) is 4.27. The van der Waals surface area contributed by atoms with E-state index in [4.69, 9.17) is 4.74 Å². The van der Waals surface area contributed by atoms with Gasteiger partial charge in [0.15, 0.2) is 0 Å². The zero-order valence-electron chi connectivity index (χ0n) is 10.3. The molecule has 0 aliphatic rings. The van der Waals surface area contributed by atoms with Crippen LogP contribution in [0.3, 0.4) is 0 Å². The Bertz CT molecular complexity index is 488. The minimum atomic E-state index is 0.652. The van der Waals surface area contributed by atoms with Gasteiger partial charge in [-0.15, -0.1) is 0 Å². The van der Waals surface area contributed by atoms with Crippen molar-refractivity contribution in [3.05, 3.63) is 24.3 Å². The first kappa shape index (κ1) is 11.7. The fraction of sp³-hybridized carbons (Fsp3) is 0.455. The van der Waals surface area contributed by atoms with E-state index in [1.807, 2.05) is 30.9 Å². The number of aromatic nitrogens is 4. The Hall–Kier alpha value is -1.82. The SMILES string of the molecule is COCCNc1nccn1-c1cn(C)nc1C. The van der Waals surface area contributed by atoms with Crippen LogP contribution in [-0.4, -0.2) is 39.6 Å². The summed E-state index contributed by atoms with van der Waals surface area (Å²) in [6.45, 7) is 3.36. The second-order valence-electron chi connectivity index (χ2n) is 3.81. The summed E-state index contributed by atoms with van der Waals surface area (Å²) in [5, 5.41) is 7.54. The Morgan fingerprint density at radius 2 is 2.29 bits per heavy atom. The van der Waals surface area contributed by atoms with Gasteiger partial charge in [-0.25, -0.2) is 4.98 Å². The molecule has 2 heterocycles. The Balaban J connectivity index is 2.21. The molecule has 0 saturated heterocycles. The van der Waals surface area contributed by atoms with Crippen LogP contribution >= 0.6 is 0 Å². The topological polar surface area (TPSA) is 56.9 Å². The number of nitrogens with zero attached hydrogens (tertiary/aromatic N) is 4. The Morgan fingerprint density at radius 1 is 1.47 bits per heavy atom. The maximum absolute atomic E-state index is 5.00. The minimum absolute atomic E-state index is 0.652. The first-order valence-corrected chi connectivity index (χ1v) is 5.49. The molecule has 0 bridgehead atoms. The third-order valence-electron chi connectivity index (χ3n) is 2.48. The summed E-state index contributed by atoms with van der Waals surface area (Å²) >= 11 is 0. The van der Waals surface area contributed by atoms with Crippen molar-refractivity contribution in [3.8, 4) is 5.69 Å². The van der Waals surface area contributed by atoms with Gasteiger partial charge in [0, 0.05) is 39.3 Å². The number of rotatable bonds is 5. The summed E-state index contributed by atoms with van der Waals surface area (Å²) in [6, 6.07) is 0. The molecule has 0 radical (unpaired) electrons. The molecule has 2 aromatic heterocycles. The summed E-state index contributed by atoms with van der Waals surface area (Å²) in [6.07, 6.45) is 5.65. The third kappa shape index (κ3) is 2.47. The number of anilines is 1. The van der Waals surface area contributed by atoms with Crippen LogP contribution < -0.4 is 5.32 Å². The van der Waals surface area contributed by atoms with Crippen LogP contribution in [0.15, 0.2) is 18.6 Å². The zero-order valence-corrected chi connectivity index (χ0v) is 10.3. The van der Waals surface area contributed by atoms with E-state index < -0.39 is 0 Å². The lowest BCUT2D eigenvalue weighted by molar-refractivity contribution is 0.210. The molecular weight excluding hydrogens is 218 g/mol. The molecule has 2 rings (SSSR count). The molecule has 17 heavy (non-hydrogen) atoms. The highest BCUT2D eigenvalue weighted by Crippen LogP contribution is 2.16. The van der Waals surface area contributed by atoms with Crippen LogP contribution in [0.2, 0.25) is 0 Å². The van der Waals surface area contributed by atoms with E-state index >= 15 is 0 Å². The summed E-state index contributed by atoms with van der Waals surface area (Å²) in [5.41, 5.74) is 2.00. The fourth-order valence-electron chi connectivity index (χ4n) is 1.72. The Morgan fingerprint density at radius 3 is 2.94 bits per heavy atom. The van der Waals surface area contributed by atoms with Gasteiger partial charge in [0.1, 0.15) is 0 Å². The van der Waals surface area contributed by atoms with Crippen molar-refractivity contribution in [2.75, 3.05) is 25.6 Å². The lowest BCUT2D eigenvalue weighted by Gasteiger charge is -2.08. The van der Waals surface area contributed by atoms with Crippen LogP contribution in [0.5, 0.6) is 0 Å². The summed E-state index contributed by atoms with van der Waals surface area (Å²) in [5.74, 6) is 0.804. The number of aryl methyl sites for hydroxylation is 2. The van der Waals surface area contributed by atoms with E-state index in [2.05, 4.69) is 15.4 Å². The summed E-state index contributed by atoms with van der Waals surface area (Å²) < 4.78 is 8.78. The Labute approximate surface area is 100 Å². The van der Waals surface area contributed by atoms with E-state index in [1.54, 1.807) is 18.0 Å². The van der Waals surface area contributed by atoms with Crippen molar-refractivity contribution >= 4 is 5.95 Å². The zero-order chi connectivity index (χ0) is 12.3. The largest absolute Gasteiger partial charge is 0.383 e. The monoisotopic (exact) mass is 235 g/mol. The number of hydrogen-bond acceptors (Lipinski definition) is 4. The first-order valence-electron chi connectivity index (χ1n) is 5.49. The van der Waals surface area contributed by atoms with Crippen LogP contribution in [0, 0.1) is 6.92 Å². The van der Waals surface area contributed by atoms with Gasteiger partial charge in [0.2, 0.25) is 5.95 Å². The molecule has 2 aromatic rings. The van der Waals surface area contributed by atoms with Crippen molar-refractivity contribution in [2.24, 2.45) is 7.05 Å². The van der Waals surface area contributed by atoms with Gasteiger partial charge >= 0.3 is 0 Å². The molecule has 0 unspecified atom stereocenters. The van der Waals surface area contributed by atoms with E-state index in [9.17, 15) is 0 Å². The molecule has 0 aliphatic carbocycles. The maximum atomic E-state index is 5.00. The van der Waals surface area contributed by atoms with Gasteiger partial charge in [0.05, 0.1) is 18.0 Å². The number of hydrogen-bond donors (Lipinski definition) is 1. The molecule has 0 aromatic carbocycles. The van der Waals surface area contributed by atoms with Crippen molar-refractivity contribution in [1.82, 2.24) is 19.3 Å². The smallest absolute Gasteiger partial charge is 0.207 e. The molecule has 92 valence electrons. The quantitative estimate of drug-likeness (QED) is 0.785. The highest BCUT2D eigenvalue weighted by molar-refractivity contribution is 5.43. The average Bonchev–Trinajstić information content (AvgIpc) is 2.85. The second-order valence-corrected chi connectivity index (χ2v) is 3.81. The minimum Gasteiger partial charge on any atom is -0.383 e. The highest BCUT2D eigenvalue weighted by atomic mass is 16.5. The molecule has 6 heteroatoms. The average molecular weight is 235 g/mol. The Kier molecular flexibility index (Phi) is 3.43. The van der Waals surface area contributed by atoms with Gasteiger partial charge < -0.3 is 10.1 Å². The van der Waals surface area contributed by atoms with Crippen molar-refractivity contribution in [2.45, 2.75) is 6.92 Å². The van der Waals surface area contributed by atoms with Gasteiger partial charge in [-0.3, -0.25) is 9.25 Å². The number of nitrogens with one attached hydrogen (secondary N) is 1. The number of imidazole rings is 1. The molecule has 1 N–H and O–H groups in total. The third-order valence-corrected chi connectivity index (χ3v) is 2.48. The molecule has 0 atom stereocenters. The lowest BCUT2D eigenvalue weighted by atomic mass is 10.4. The van der Waals surface area contributed by atoms with Crippen molar-refractivity contribution in [1.29, 1.82) is 0 Å². The predicted octanol–water partition coefficient (Wildman–Crippen LogP) is 0.973. The number of methoxy groups -OCH3 is 1. The molecule has 0 aliphatic heterocycles. The van der Waals surface area contributed by atoms with Crippen LogP contribution in [-0.2, 0) is 11.8 Å². The normalized spacial score (nSPS) is 10.8. The van der Waals surface area contributed by atoms with Crippen LogP contribution in [0.1, 0.15) is 5.69 Å². The van der Waals surface area contributed by atoms with Gasteiger partial charge in [-0.05, 0) is 6.92 Å². The van der Waals surface area contributed by atoms with E-state index in [0.29, 0.717) is 6.61 Å². The molecule has 6 nitrogen and oxygen atoms in total. The second kappa shape index (κ2) is 5.01. The lowest BCUT2D eigenvalue weighted by Crippen LogP contribution is -2.11. The standard InChI is InChI=1S/C11H17N5O/c1-9-10(8-15(2)14-9)16-6-4-12-11(16)13-5-7-17-3/h4,6,8H,5,7H2,1-3H3,(H,12,13). The predicted molar refractivity (Wildman–Crippen MR) is 65.4 cm³/mol. The molecule has 0 spiro atoms. The van der Waals surface area contributed by atoms with Crippen molar-refractivity contribution in [3.63, 3.8) is 0 Å². The van der Waals surface area contributed by atoms with E-state index in [1.165, 1.54) is 0 Å². The highest BCUT2D eigenvalue weighted by Gasteiger charge is 2.09. The van der Waals surface area contributed by atoms with Gasteiger partial charge in [-0.2, -0.15) is 5.10 Å². The van der Waals surface area contributed by atoms with E-state index in [-0.39, 0.29) is 0 Å². The van der Waals surface area contributed by atoms with Crippen LogP contribution in [0.4, 0.5) is 5.95 Å². The fourth-order valence-corrected chi connectivity index (χ4v) is 1.72.